The summed E-state index contributed by atoms with van der Waals surface area (Å²) in [5.41, 5.74) is 0.565. The largest absolute Gasteiger partial charge is 0.461 e. The molecule has 0 radical (unpaired) electrons. The van der Waals surface area contributed by atoms with Gasteiger partial charge in [-0.1, -0.05) is 5.16 Å². The van der Waals surface area contributed by atoms with Crippen molar-refractivity contribution in [3.8, 4) is 11.5 Å². The van der Waals surface area contributed by atoms with Crippen molar-refractivity contribution in [1.82, 2.24) is 10.1 Å². The Hall–Kier alpha value is -1.63. The molecule has 1 N–H and O–H groups in total. The number of hydrogen-bond acceptors (Lipinski definition) is 6. The minimum atomic E-state index is -0.279. The van der Waals surface area contributed by atoms with Gasteiger partial charge in [-0.05, 0) is 26.0 Å². The fourth-order valence-electron chi connectivity index (χ4n) is 2.78. The maximum atomic E-state index is 9.34. The third-order valence-corrected chi connectivity index (χ3v) is 3.46. The van der Waals surface area contributed by atoms with E-state index in [1.807, 2.05) is 32.0 Å². The molecule has 3 heterocycles. The highest BCUT2D eigenvalue weighted by atomic mass is 16.5. The molecular formula is C15H20N2O4. The number of aliphatic hydroxyl groups is 1. The van der Waals surface area contributed by atoms with Crippen LogP contribution < -0.4 is 0 Å². The summed E-state index contributed by atoms with van der Waals surface area (Å²) in [7, 11) is 0. The van der Waals surface area contributed by atoms with Crippen LogP contribution in [0.5, 0.6) is 0 Å². The first kappa shape index (κ1) is 14.3. The molecule has 3 rings (SSSR count). The van der Waals surface area contributed by atoms with E-state index in [-0.39, 0.29) is 18.3 Å². The van der Waals surface area contributed by atoms with Gasteiger partial charge in [0.2, 0.25) is 5.76 Å². The van der Waals surface area contributed by atoms with Crippen molar-refractivity contribution in [1.29, 1.82) is 0 Å². The summed E-state index contributed by atoms with van der Waals surface area (Å²) in [5, 5.41) is 13.4. The van der Waals surface area contributed by atoms with Crippen molar-refractivity contribution in [2.45, 2.75) is 32.1 Å². The standard InChI is InChI=1S/C15H20N2O4/c1-15(2)10-17(8-12(9-18)20-15)7-11-6-14(21-16-11)13-4-3-5-19-13/h3-6,12,18H,7-10H2,1-2H3. The number of hydrogen-bond donors (Lipinski definition) is 1. The zero-order valence-corrected chi connectivity index (χ0v) is 12.3. The van der Waals surface area contributed by atoms with Crippen molar-refractivity contribution in [3.63, 3.8) is 0 Å². The molecule has 1 saturated heterocycles. The van der Waals surface area contributed by atoms with E-state index in [0.29, 0.717) is 24.6 Å². The molecule has 1 unspecified atom stereocenters. The molecule has 0 amide bonds. The molecule has 0 aromatic carbocycles. The van der Waals surface area contributed by atoms with E-state index >= 15 is 0 Å². The van der Waals surface area contributed by atoms with E-state index in [0.717, 1.165) is 12.2 Å². The molecule has 21 heavy (non-hydrogen) atoms. The summed E-state index contributed by atoms with van der Waals surface area (Å²) in [6, 6.07) is 5.53. The predicted molar refractivity (Wildman–Crippen MR) is 75.5 cm³/mol. The lowest BCUT2D eigenvalue weighted by atomic mass is 10.1. The monoisotopic (exact) mass is 292 g/mol. The van der Waals surface area contributed by atoms with Gasteiger partial charge in [0.05, 0.1) is 30.3 Å². The van der Waals surface area contributed by atoms with Gasteiger partial charge >= 0.3 is 0 Å². The number of morpholine rings is 1. The lowest BCUT2D eigenvalue weighted by Crippen LogP contribution is -2.53. The highest BCUT2D eigenvalue weighted by molar-refractivity contribution is 5.49. The molecule has 1 aliphatic heterocycles. The third kappa shape index (κ3) is 3.34. The van der Waals surface area contributed by atoms with E-state index in [2.05, 4.69) is 10.1 Å². The summed E-state index contributed by atoms with van der Waals surface area (Å²) in [6.07, 6.45) is 1.44. The van der Waals surface area contributed by atoms with E-state index in [1.165, 1.54) is 0 Å². The van der Waals surface area contributed by atoms with Gasteiger partial charge in [-0.2, -0.15) is 0 Å². The second-order valence-corrected chi connectivity index (χ2v) is 6.01. The molecule has 6 heteroatoms. The fourth-order valence-corrected chi connectivity index (χ4v) is 2.78. The molecular weight excluding hydrogens is 272 g/mol. The Kier molecular flexibility index (Phi) is 3.84. The summed E-state index contributed by atoms with van der Waals surface area (Å²) >= 11 is 0. The molecule has 0 spiro atoms. The first-order valence-electron chi connectivity index (χ1n) is 7.06. The fraction of sp³-hybridized carbons (Fsp3) is 0.533. The Morgan fingerprint density at radius 2 is 2.29 bits per heavy atom. The number of aliphatic hydroxyl groups excluding tert-OH is 1. The zero-order valence-electron chi connectivity index (χ0n) is 12.3. The van der Waals surface area contributed by atoms with Crippen molar-refractivity contribution in [3.05, 3.63) is 30.2 Å². The highest BCUT2D eigenvalue weighted by Crippen LogP contribution is 2.24. The van der Waals surface area contributed by atoms with E-state index < -0.39 is 0 Å². The molecule has 0 saturated carbocycles. The van der Waals surface area contributed by atoms with Crippen LogP contribution >= 0.6 is 0 Å². The molecule has 2 aromatic rings. The SMILES string of the molecule is CC1(C)CN(Cc2cc(-c3ccco3)on2)CC(CO)O1. The van der Waals surface area contributed by atoms with Gasteiger partial charge in [-0.15, -0.1) is 0 Å². The molecule has 2 aromatic heterocycles. The maximum Gasteiger partial charge on any atom is 0.202 e. The van der Waals surface area contributed by atoms with Crippen molar-refractivity contribution in [2.24, 2.45) is 0 Å². The normalized spacial score (nSPS) is 22.5. The van der Waals surface area contributed by atoms with Crippen LogP contribution in [0, 0.1) is 0 Å². The number of aromatic nitrogens is 1. The number of rotatable bonds is 4. The topological polar surface area (TPSA) is 71.9 Å². The molecule has 1 aliphatic rings. The molecule has 6 nitrogen and oxygen atoms in total. The molecule has 0 bridgehead atoms. The molecule has 1 fully saturated rings. The average Bonchev–Trinajstić information content (AvgIpc) is 3.06. The molecule has 1 atom stereocenters. The van der Waals surface area contributed by atoms with Crippen LogP contribution in [0.2, 0.25) is 0 Å². The van der Waals surface area contributed by atoms with Crippen LogP contribution in [0.4, 0.5) is 0 Å². The Balaban J connectivity index is 1.68. The van der Waals surface area contributed by atoms with Crippen LogP contribution in [0.25, 0.3) is 11.5 Å². The first-order chi connectivity index (χ1) is 10.1. The van der Waals surface area contributed by atoms with Crippen LogP contribution in [0.3, 0.4) is 0 Å². The minimum Gasteiger partial charge on any atom is -0.461 e. The van der Waals surface area contributed by atoms with Crippen molar-refractivity contribution >= 4 is 0 Å². The van der Waals surface area contributed by atoms with Gasteiger partial charge in [0, 0.05) is 25.7 Å². The number of furan rings is 1. The maximum absolute atomic E-state index is 9.34. The van der Waals surface area contributed by atoms with E-state index in [4.69, 9.17) is 13.7 Å². The summed E-state index contributed by atoms with van der Waals surface area (Å²) in [6.45, 7) is 6.21. The lowest BCUT2D eigenvalue weighted by Gasteiger charge is -2.42. The Bertz CT molecular complexity index is 576. The zero-order chi connectivity index (χ0) is 14.9. The van der Waals surface area contributed by atoms with E-state index in [9.17, 15) is 5.11 Å². The van der Waals surface area contributed by atoms with Gasteiger partial charge in [0.15, 0.2) is 5.76 Å². The van der Waals surface area contributed by atoms with Crippen molar-refractivity contribution in [2.75, 3.05) is 19.7 Å². The summed E-state index contributed by atoms with van der Waals surface area (Å²) in [4.78, 5) is 2.22. The van der Waals surface area contributed by atoms with Crippen LogP contribution in [0.1, 0.15) is 19.5 Å². The van der Waals surface area contributed by atoms with Gasteiger partial charge in [0.25, 0.3) is 0 Å². The smallest absolute Gasteiger partial charge is 0.202 e. The highest BCUT2D eigenvalue weighted by Gasteiger charge is 2.33. The quantitative estimate of drug-likeness (QED) is 0.928. The van der Waals surface area contributed by atoms with Crippen LogP contribution in [-0.2, 0) is 11.3 Å². The number of nitrogens with zero attached hydrogens (tertiary/aromatic N) is 2. The minimum absolute atomic E-state index is 0.0242. The number of ether oxygens (including phenoxy) is 1. The van der Waals surface area contributed by atoms with Gasteiger partial charge < -0.3 is 18.8 Å². The second kappa shape index (κ2) is 5.63. The average molecular weight is 292 g/mol. The Labute approximate surface area is 123 Å². The van der Waals surface area contributed by atoms with Crippen LogP contribution in [-0.4, -0.2) is 46.6 Å². The first-order valence-corrected chi connectivity index (χ1v) is 7.06. The summed E-state index contributed by atoms with van der Waals surface area (Å²) < 4.78 is 16.4. The third-order valence-electron chi connectivity index (χ3n) is 3.46. The summed E-state index contributed by atoms with van der Waals surface area (Å²) in [5.74, 6) is 1.30. The molecule has 0 aliphatic carbocycles. The van der Waals surface area contributed by atoms with Gasteiger partial charge in [-0.25, -0.2) is 0 Å². The van der Waals surface area contributed by atoms with Gasteiger partial charge in [0.1, 0.15) is 0 Å². The Morgan fingerprint density at radius 1 is 1.43 bits per heavy atom. The Morgan fingerprint density at radius 3 is 3.00 bits per heavy atom. The predicted octanol–water partition coefficient (Wildman–Crippen LogP) is 1.91. The van der Waals surface area contributed by atoms with Crippen LogP contribution in [0.15, 0.2) is 33.4 Å². The van der Waals surface area contributed by atoms with Crippen molar-refractivity contribution < 1.29 is 18.8 Å². The molecule has 114 valence electrons. The second-order valence-electron chi connectivity index (χ2n) is 6.01. The lowest BCUT2D eigenvalue weighted by molar-refractivity contribution is -0.150. The van der Waals surface area contributed by atoms with E-state index in [1.54, 1.807) is 6.26 Å². The van der Waals surface area contributed by atoms with Gasteiger partial charge in [-0.3, -0.25) is 4.90 Å².